The van der Waals surface area contributed by atoms with Crippen LogP contribution in [0.4, 0.5) is 39.5 Å². The van der Waals surface area contributed by atoms with Crippen LogP contribution in [0.2, 0.25) is 0 Å². The van der Waals surface area contributed by atoms with Gasteiger partial charge < -0.3 is 4.55 Å². The van der Waals surface area contributed by atoms with E-state index in [4.69, 9.17) is 4.55 Å². The molecular formula is C4H2F9O3S+. The van der Waals surface area contributed by atoms with E-state index in [2.05, 4.69) is 0 Å². The molecule has 17 heavy (non-hydrogen) atoms. The van der Waals surface area contributed by atoms with Crippen LogP contribution in [0.25, 0.3) is 0 Å². The van der Waals surface area contributed by atoms with Crippen LogP contribution >= 0.6 is 0 Å². The van der Waals surface area contributed by atoms with Crippen molar-refractivity contribution < 1.29 is 52.5 Å². The average molecular weight is 301 g/mol. The second-order valence-electron chi connectivity index (χ2n) is 2.67. The number of alkyl halides is 9. The third kappa shape index (κ3) is 2.17. The second kappa shape index (κ2) is 3.63. The molecule has 0 aliphatic heterocycles. The zero-order chi connectivity index (χ0) is 14.5. The van der Waals surface area contributed by atoms with Gasteiger partial charge in [0.05, 0.1) is 0 Å². The van der Waals surface area contributed by atoms with Crippen LogP contribution in [0.3, 0.4) is 0 Å². The topological polar surface area (TPSA) is 57.0 Å². The lowest BCUT2D eigenvalue weighted by molar-refractivity contribution is -0.382. The minimum atomic E-state index is -7.31. The van der Waals surface area contributed by atoms with Crippen LogP contribution in [-0.4, -0.2) is 36.2 Å². The Morgan fingerprint density at radius 3 is 1.18 bits per heavy atom. The van der Waals surface area contributed by atoms with E-state index in [1.54, 1.807) is 0 Å². The first-order valence-corrected chi connectivity index (χ1v) is 4.68. The van der Waals surface area contributed by atoms with Gasteiger partial charge in [-0.15, -0.1) is 8.42 Å². The predicted molar refractivity (Wildman–Crippen MR) is 33.4 cm³/mol. The number of hydrogen-bond acceptors (Lipinski definition) is 2. The summed E-state index contributed by atoms with van der Waals surface area (Å²) in [5.74, 6) is -14.6. The highest BCUT2D eigenvalue weighted by Gasteiger charge is 2.87. The van der Waals surface area contributed by atoms with Crippen molar-refractivity contribution in [1.29, 1.82) is 0 Å². The fourth-order valence-corrected chi connectivity index (χ4v) is 0.995. The van der Waals surface area contributed by atoms with Crippen molar-refractivity contribution >= 4 is 10.1 Å². The summed E-state index contributed by atoms with van der Waals surface area (Å²) in [7, 11) is -6.92. The molecule has 0 bridgehead atoms. The molecule has 0 spiro atoms. The van der Waals surface area contributed by atoms with Gasteiger partial charge in [0.25, 0.3) is 0 Å². The molecule has 0 saturated heterocycles. The fraction of sp³-hybridized carbons (Fsp3) is 1.00. The Morgan fingerprint density at radius 1 is 0.706 bits per heavy atom. The standard InChI is InChI=1S/C4HF9O3S/c5-1(6,3(9,10)11)2(7,8)4(12,13)17(14,15)16/h(H,14,15,16)/p+1. The predicted octanol–water partition coefficient (Wildman–Crippen LogP) is 1.47. The zero-order valence-corrected chi connectivity index (χ0v) is 7.94. The summed E-state index contributed by atoms with van der Waals surface area (Å²) >= 11 is 0. The Morgan fingerprint density at radius 2 is 1.00 bits per heavy atom. The molecule has 0 aromatic heterocycles. The molecule has 0 heterocycles. The molecule has 104 valence electrons. The summed E-state index contributed by atoms with van der Waals surface area (Å²) in [4.78, 5) is 0. The lowest BCUT2D eigenvalue weighted by Gasteiger charge is -2.30. The molecule has 0 fully saturated rings. The molecule has 0 rings (SSSR count). The first-order valence-electron chi connectivity index (χ1n) is 3.19. The van der Waals surface area contributed by atoms with Gasteiger partial charge in [0.15, 0.2) is 0 Å². The van der Waals surface area contributed by atoms with E-state index in [0.29, 0.717) is 0 Å². The fourth-order valence-electron chi connectivity index (χ4n) is 0.530. The Labute approximate surface area is 87.0 Å². The van der Waals surface area contributed by atoms with Crippen LogP contribution in [0.1, 0.15) is 0 Å². The van der Waals surface area contributed by atoms with E-state index >= 15 is 0 Å². The monoisotopic (exact) mass is 301 g/mol. The van der Waals surface area contributed by atoms with Crippen LogP contribution in [-0.2, 0) is 10.1 Å². The van der Waals surface area contributed by atoms with Crippen LogP contribution in [0.5, 0.6) is 0 Å². The summed E-state index contributed by atoms with van der Waals surface area (Å²) in [6, 6.07) is 0. The molecule has 0 amide bonds. The van der Waals surface area contributed by atoms with Gasteiger partial charge in [-0.1, -0.05) is 0 Å². The van der Waals surface area contributed by atoms with Crippen LogP contribution in [0, 0.1) is 0 Å². The molecule has 3 nitrogen and oxygen atoms in total. The van der Waals surface area contributed by atoms with E-state index in [0.717, 1.165) is 0 Å². The molecule has 2 N–H and O–H groups in total. The van der Waals surface area contributed by atoms with Crippen LogP contribution in [0.15, 0.2) is 0 Å². The molecule has 0 atom stereocenters. The molecule has 0 aliphatic rings. The summed E-state index contributed by atoms with van der Waals surface area (Å²) in [5, 5.41) is -6.89. The highest BCUT2D eigenvalue weighted by Crippen LogP contribution is 2.54. The number of halogens is 9. The SMILES string of the molecule is O=S(=O)([OH2+])C(F)(F)C(F)(F)C(F)(F)C(F)(F)F. The van der Waals surface area contributed by atoms with E-state index in [1.165, 1.54) is 0 Å². The van der Waals surface area contributed by atoms with E-state index < -0.39 is 33.4 Å². The molecule has 0 radical (unpaired) electrons. The van der Waals surface area contributed by atoms with Crippen molar-refractivity contribution in [2.75, 3.05) is 0 Å². The summed E-state index contributed by atoms with van der Waals surface area (Å²) in [6.45, 7) is 0. The quantitative estimate of drug-likeness (QED) is 0.585. The molecule has 0 unspecified atom stereocenters. The molecule has 13 heteroatoms. The lowest BCUT2D eigenvalue weighted by atomic mass is 10.1. The maximum Gasteiger partial charge on any atom is 0.485 e. The third-order valence-corrected chi connectivity index (χ3v) is 2.38. The van der Waals surface area contributed by atoms with Crippen molar-refractivity contribution in [3.8, 4) is 0 Å². The van der Waals surface area contributed by atoms with Gasteiger partial charge in [-0.3, -0.25) is 0 Å². The largest absolute Gasteiger partial charge is 0.485 e. The second-order valence-corrected chi connectivity index (χ2v) is 4.19. The zero-order valence-electron chi connectivity index (χ0n) is 7.13. The van der Waals surface area contributed by atoms with Crippen molar-refractivity contribution in [2.24, 2.45) is 0 Å². The molecule has 0 aliphatic carbocycles. The minimum absolute atomic E-state index is 5.52. The van der Waals surface area contributed by atoms with E-state index in [-0.39, 0.29) is 0 Å². The highest BCUT2D eigenvalue weighted by molar-refractivity contribution is 7.87. The molecular weight excluding hydrogens is 299 g/mol. The Bertz CT molecular complexity index is 393. The first-order chi connectivity index (χ1) is 7.00. The molecule has 0 saturated carbocycles. The minimum Gasteiger partial charge on any atom is -0.328 e. The van der Waals surface area contributed by atoms with Crippen molar-refractivity contribution in [3.63, 3.8) is 0 Å². The van der Waals surface area contributed by atoms with Gasteiger partial charge in [-0.2, -0.15) is 39.5 Å². The summed E-state index contributed by atoms with van der Waals surface area (Å²) < 4.78 is 132. The maximum atomic E-state index is 12.3. The Balaban J connectivity index is 5.91. The lowest BCUT2D eigenvalue weighted by Crippen LogP contribution is -2.63. The maximum absolute atomic E-state index is 12.3. The van der Waals surface area contributed by atoms with E-state index in [9.17, 15) is 47.9 Å². The number of rotatable bonds is 3. The molecule has 0 aromatic rings. The Hall–Kier alpha value is -0.720. The van der Waals surface area contributed by atoms with Gasteiger partial charge in [0.2, 0.25) is 0 Å². The van der Waals surface area contributed by atoms with Crippen LogP contribution < -0.4 is 0 Å². The molecule has 0 aromatic carbocycles. The van der Waals surface area contributed by atoms with Gasteiger partial charge in [-0.05, 0) is 0 Å². The Kier molecular flexibility index (Phi) is 3.48. The average Bonchev–Trinajstić information content (AvgIpc) is 1.98. The van der Waals surface area contributed by atoms with Gasteiger partial charge in [0, 0.05) is 0 Å². The normalized spacial score (nSPS) is 16.1. The van der Waals surface area contributed by atoms with Crippen molar-refractivity contribution in [2.45, 2.75) is 23.3 Å². The summed E-state index contributed by atoms with van der Waals surface area (Å²) in [5.41, 5.74) is 0. The van der Waals surface area contributed by atoms with Crippen molar-refractivity contribution in [3.05, 3.63) is 0 Å². The van der Waals surface area contributed by atoms with Gasteiger partial charge in [-0.25, -0.2) is 0 Å². The van der Waals surface area contributed by atoms with Gasteiger partial charge in [0.1, 0.15) is 0 Å². The first kappa shape index (κ1) is 16.3. The summed E-state index contributed by atoms with van der Waals surface area (Å²) in [6.07, 6.45) is -7.11. The van der Waals surface area contributed by atoms with Gasteiger partial charge >= 0.3 is 33.4 Å². The smallest absolute Gasteiger partial charge is 0.328 e. The number of hydrogen-bond donors (Lipinski definition) is 0. The third-order valence-electron chi connectivity index (χ3n) is 1.45. The highest BCUT2D eigenvalue weighted by atomic mass is 32.2. The van der Waals surface area contributed by atoms with E-state index in [1.807, 2.05) is 0 Å². The van der Waals surface area contributed by atoms with Crippen molar-refractivity contribution in [1.82, 2.24) is 0 Å².